The summed E-state index contributed by atoms with van der Waals surface area (Å²) in [6.45, 7) is 0.199. The lowest BCUT2D eigenvalue weighted by Gasteiger charge is -2.14. The van der Waals surface area contributed by atoms with Crippen LogP contribution < -0.4 is 14.9 Å². The maximum atomic E-state index is 12.6. The number of alkyl halides is 3. The number of halogens is 5. The third kappa shape index (κ3) is 6.02. The highest BCUT2D eigenvalue weighted by Gasteiger charge is 2.30. The molecule has 1 heterocycles. The first-order valence-corrected chi connectivity index (χ1v) is 9.59. The molecule has 5 nitrogen and oxygen atoms in total. The molecule has 3 rings (SSSR count). The summed E-state index contributed by atoms with van der Waals surface area (Å²) in [7, 11) is 1.47. The van der Waals surface area contributed by atoms with Gasteiger partial charge in [0.25, 0.3) is 0 Å². The van der Waals surface area contributed by atoms with E-state index in [4.69, 9.17) is 32.7 Å². The quantitative estimate of drug-likeness (QED) is 0.319. The molecule has 2 aromatic carbocycles. The van der Waals surface area contributed by atoms with E-state index in [9.17, 15) is 13.2 Å². The fourth-order valence-corrected chi connectivity index (χ4v) is 2.98. The van der Waals surface area contributed by atoms with Crippen molar-refractivity contribution in [2.24, 2.45) is 5.10 Å². The van der Waals surface area contributed by atoms with Gasteiger partial charge < -0.3 is 9.47 Å². The van der Waals surface area contributed by atoms with Crippen LogP contribution in [0.1, 0.15) is 16.7 Å². The van der Waals surface area contributed by atoms with Gasteiger partial charge in [-0.15, -0.1) is 0 Å². The van der Waals surface area contributed by atoms with Crippen LogP contribution >= 0.6 is 23.2 Å². The molecule has 0 radical (unpaired) electrons. The number of hydrogen-bond donors (Lipinski definition) is 1. The molecule has 0 aliphatic carbocycles. The predicted molar refractivity (Wildman–Crippen MR) is 114 cm³/mol. The molecule has 0 aliphatic heterocycles. The van der Waals surface area contributed by atoms with Crippen molar-refractivity contribution >= 4 is 35.2 Å². The largest absolute Gasteiger partial charge is 0.493 e. The Morgan fingerprint density at radius 3 is 2.52 bits per heavy atom. The van der Waals surface area contributed by atoms with E-state index in [1.807, 2.05) is 18.2 Å². The van der Waals surface area contributed by atoms with E-state index in [1.165, 1.54) is 19.4 Å². The van der Waals surface area contributed by atoms with Gasteiger partial charge in [0.15, 0.2) is 11.5 Å². The van der Waals surface area contributed by atoms with Gasteiger partial charge in [-0.2, -0.15) is 18.3 Å². The Morgan fingerprint density at radius 1 is 1.10 bits per heavy atom. The summed E-state index contributed by atoms with van der Waals surface area (Å²) in [6.07, 6.45) is -2.30. The average Bonchev–Trinajstić information content (AvgIpc) is 2.73. The number of methoxy groups -OCH3 is 1. The number of ether oxygens (including phenoxy) is 2. The SMILES string of the molecule is COc1cc(/C=N\Nc2ccc(C(F)(F)F)cn2)cc(Cl)c1OCc1ccccc1Cl. The minimum absolute atomic E-state index is 0.155. The van der Waals surface area contributed by atoms with Crippen molar-refractivity contribution in [3.63, 3.8) is 0 Å². The molecule has 0 bridgehead atoms. The number of hydrazone groups is 1. The molecule has 0 saturated heterocycles. The molecule has 0 saturated carbocycles. The maximum Gasteiger partial charge on any atom is 0.417 e. The number of nitrogens with one attached hydrogen (secondary N) is 1. The van der Waals surface area contributed by atoms with Crippen LogP contribution in [0.5, 0.6) is 11.5 Å². The second-order valence-electron chi connectivity index (χ2n) is 6.21. The lowest BCUT2D eigenvalue weighted by atomic mass is 10.2. The standard InChI is InChI=1S/C21H16Cl2F3N3O2/c1-30-18-9-13(10-28-29-19-7-6-15(11-27-19)21(24,25)26)8-17(23)20(18)31-12-14-4-2-3-5-16(14)22/h2-11H,12H2,1H3,(H,27,29)/b28-10-. The number of anilines is 1. The van der Waals surface area contributed by atoms with E-state index in [0.29, 0.717) is 27.1 Å². The summed E-state index contributed by atoms with van der Waals surface area (Å²) in [5.74, 6) is 0.884. The topological polar surface area (TPSA) is 55.7 Å². The summed E-state index contributed by atoms with van der Waals surface area (Å²) in [6, 6.07) is 12.6. The normalized spacial score (nSPS) is 11.5. The number of nitrogens with zero attached hydrogens (tertiary/aromatic N) is 2. The molecule has 162 valence electrons. The number of hydrogen-bond acceptors (Lipinski definition) is 5. The first kappa shape index (κ1) is 22.7. The first-order valence-electron chi connectivity index (χ1n) is 8.84. The van der Waals surface area contributed by atoms with Crippen molar-refractivity contribution in [1.29, 1.82) is 0 Å². The van der Waals surface area contributed by atoms with E-state index < -0.39 is 11.7 Å². The molecule has 3 aromatic rings. The molecule has 0 spiro atoms. The maximum absolute atomic E-state index is 12.6. The fourth-order valence-electron chi connectivity index (χ4n) is 2.52. The summed E-state index contributed by atoms with van der Waals surface area (Å²) >= 11 is 12.5. The summed E-state index contributed by atoms with van der Waals surface area (Å²) in [4.78, 5) is 3.68. The predicted octanol–water partition coefficient (Wildman–Crippen LogP) is 6.44. The van der Waals surface area contributed by atoms with Crippen molar-refractivity contribution in [3.8, 4) is 11.5 Å². The number of aromatic nitrogens is 1. The van der Waals surface area contributed by atoms with Crippen LogP contribution in [0.15, 0.2) is 59.8 Å². The number of benzene rings is 2. The van der Waals surface area contributed by atoms with Gasteiger partial charge in [0, 0.05) is 16.8 Å². The fraction of sp³-hybridized carbons (Fsp3) is 0.143. The molecular weight excluding hydrogens is 454 g/mol. The smallest absolute Gasteiger partial charge is 0.417 e. The minimum atomic E-state index is -4.45. The van der Waals surface area contributed by atoms with Crippen LogP contribution in [0.3, 0.4) is 0 Å². The van der Waals surface area contributed by atoms with Gasteiger partial charge in [0.2, 0.25) is 0 Å². The second-order valence-corrected chi connectivity index (χ2v) is 7.03. The third-order valence-corrected chi connectivity index (χ3v) is 4.71. The lowest BCUT2D eigenvalue weighted by Crippen LogP contribution is -2.05. The minimum Gasteiger partial charge on any atom is -0.493 e. The second kappa shape index (κ2) is 9.89. The Balaban J connectivity index is 1.69. The molecule has 0 unspecified atom stereocenters. The summed E-state index contributed by atoms with van der Waals surface area (Å²) in [5.41, 5.74) is 3.08. The summed E-state index contributed by atoms with van der Waals surface area (Å²) < 4.78 is 48.9. The van der Waals surface area contributed by atoms with E-state index in [-0.39, 0.29) is 12.4 Å². The average molecular weight is 470 g/mol. The Bertz CT molecular complexity index is 1070. The number of rotatable bonds is 7. The molecule has 10 heteroatoms. The first-order chi connectivity index (χ1) is 14.8. The van der Waals surface area contributed by atoms with Crippen LogP contribution in [0.4, 0.5) is 19.0 Å². The zero-order valence-electron chi connectivity index (χ0n) is 16.1. The molecule has 0 aliphatic rings. The Kier molecular flexibility index (Phi) is 7.25. The Hall–Kier alpha value is -2.97. The van der Waals surface area contributed by atoms with E-state index in [0.717, 1.165) is 17.8 Å². The van der Waals surface area contributed by atoms with E-state index in [1.54, 1.807) is 18.2 Å². The van der Waals surface area contributed by atoms with Crippen LogP contribution in [0.2, 0.25) is 10.0 Å². The van der Waals surface area contributed by atoms with Crippen LogP contribution in [0, 0.1) is 0 Å². The molecular formula is C21H16Cl2F3N3O2. The van der Waals surface area contributed by atoms with E-state index in [2.05, 4.69) is 15.5 Å². The van der Waals surface area contributed by atoms with Gasteiger partial charge >= 0.3 is 6.18 Å². The van der Waals surface area contributed by atoms with Gasteiger partial charge in [-0.05, 0) is 35.9 Å². The van der Waals surface area contributed by atoms with Gasteiger partial charge in [-0.25, -0.2) is 4.98 Å². The highest BCUT2D eigenvalue weighted by Crippen LogP contribution is 2.37. The van der Waals surface area contributed by atoms with Crippen molar-refractivity contribution in [1.82, 2.24) is 4.98 Å². The van der Waals surface area contributed by atoms with Gasteiger partial charge in [-0.1, -0.05) is 41.4 Å². The summed E-state index contributed by atoms with van der Waals surface area (Å²) in [5, 5.41) is 4.83. The monoisotopic (exact) mass is 469 g/mol. The highest BCUT2D eigenvalue weighted by molar-refractivity contribution is 6.32. The van der Waals surface area contributed by atoms with Crippen molar-refractivity contribution in [3.05, 3.63) is 81.5 Å². The Morgan fingerprint density at radius 2 is 1.87 bits per heavy atom. The zero-order chi connectivity index (χ0) is 22.4. The van der Waals surface area contributed by atoms with Crippen molar-refractivity contribution in [2.75, 3.05) is 12.5 Å². The van der Waals surface area contributed by atoms with E-state index >= 15 is 0 Å². The van der Waals surface area contributed by atoms with Crippen molar-refractivity contribution in [2.45, 2.75) is 12.8 Å². The molecule has 0 fully saturated rings. The molecule has 0 atom stereocenters. The van der Waals surface area contributed by atoms with Crippen LogP contribution in [-0.2, 0) is 12.8 Å². The molecule has 1 aromatic heterocycles. The third-order valence-electron chi connectivity index (χ3n) is 4.07. The van der Waals surface area contributed by atoms with Crippen LogP contribution in [0.25, 0.3) is 0 Å². The lowest BCUT2D eigenvalue weighted by molar-refractivity contribution is -0.137. The number of pyridine rings is 1. The Labute approximate surface area is 186 Å². The van der Waals surface area contributed by atoms with Gasteiger partial charge in [0.05, 0.1) is 23.9 Å². The molecule has 31 heavy (non-hydrogen) atoms. The van der Waals surface area contributed by atoms with Crippen LogP contribution in [-0.4, -0.2) is 18.3 Å². The molecule has 1 N–H and O–H groups in total. The van der Waals surface area contributed by atoms with Gasteiger partial charge in [0.1, 0.15) is 12.4 Å². The van der Waals surface area contributed by atoms with Crippen molar-refractivity contribution < 1.29 is 22.6 Å². The van der Waals surface area contributed by atoms with Gasteiger partial charge in [-0.3, -0.25) is 5.43 Å². The molecule has 0 amide bonds. The highest BCUT2D eigenvalue weighted by atomic mass is 35.5. The zero-order valence-corrected chi connectivity index (χ0v) is 17.6.